The van der Waals surface area contributed by atoms with E-state index in [1.165, 1.54) is 0 Å². The summed E-state index contributed by atoms with van der Waals surface area (Å²) in [5.41, 5.74) is 6.86. The van der Waals surface area contributed by atoms with Crippen LogP contribution in [-0.2, 0) is 25.6 Å². The van der Waals surface area contributed by atoms with Gasteiger partial charge in [-0.2, -0.15) is 25.3 Å². The molecule has 0 bridgehead atoms. The van der Waals surface area contributed by atoms with Crippen molar-refractivity contribution in [3.05, 3.63) is 35.9 Å². The van der Waals surface area contributed by atoms with Gasteiger partial charge in [0.1, 0.15) is 18.1 Å². The van der Waals surface area contributed by atoms with Gasteiger partial charge in [-0.1, -0.05) is 44.2 Å². The Labute approximate surface area is 187 Å². The summed E-state index contributed by atoms with van der Waals surface area (Å²) in [6.45, 7) is 3.49. The predicted octanol–water partition coefficient (Wildman–Crippen LogP) is -0.364. The number of nitrogens with one attached hydrogen (secondary N) is 3. The minimum Gasteiger partial charge on any atom is -0.343 e. The molecular formula is C20H29N4O4S2. The fourth-order valence-electron chi connectivity index (χ4n) is 2.60. The third-order valence-electron chi connectivity index (χ3n) is 4.34. The zero-order valence-corrected chi connectivity index (χ0v) is 18.8. The van der Waals surface area contributed by atoms with E-state index in [0.29, 0.717) is 6.42 Å². The highest BCUT2D eigenvalue weighted by Crippen LogP contribution is 2.05. The lowest BCUT2D eigenvalue weighted by atomic mass is 10.0. The fraction of sp³-hybridized carbons (Fsp3) is 0.500. The third kappa shape index (κ3) is 8.37. The summed E-state index contributed by atoms with van der Waals surface area (Å²) < 4.78 is 0. The first-order valence-electron chi connectivity index (χ1n) is 9.53. The standard InChI is InChI=1S/C20H29N4O4S2/c1-12(2)17(20(28)22-14(9-25)10-29)24-19(27)16(11-30)23-18(26)15(21)8-13-6-4-3-5-7-13/h3-7,12,14-17,29-30H,8,10-11,21H2,1-2H3,(H,22,28)(H,23,26)(H,24,27)/t14-,15+,16+,17+/m1/s1. The van der Waals surface area contributed by atoms with E-state index in [0.717, 1.165) is 5.56 Å². The minimum absolute atomic E-state index is 0.0173. The second-order valence-electron chi connectivity index (χ2n) is 7.13. The molecule has 0 saturated heterocycles. The highest BCUT2D eigenvalue weighted by molar-refractivity contribution is 7.80. The van der Waals surface area contributed by atoms with Gasteiger partial charge in [0.15, 0.2) is 0 Å². The second kappa shape index (κ2) is 13.3. The van der Waals surface area contributed by atoms with Crippen molar-refractivity contribution >= 4 is 49.3 Å². The molecule has 165 valence electrons. The first-order chi connectivity index (χ1) is 14.2. The maximum absolute atomic E-state index is 12.6. The van der Waals surface area contributed by atoms with Crippen LogP contribution in [0.1, 0.15) is 19.4 Å². The van der Waals surface area contributed by atoms with Crippen molar-refractivity contribution in [2.45, 2.75) is 44.4 Å². The SMILES string of the molecule is CC(C)[C@H](NC(=O)[C@H](CS)NC(=O)[C@@H](N)Cc1ccccc1)C(=O)N[C@H]([C]=O)CS. The topological polar surface area (TPSA) is 130 Å². The smallest absolute Gasteiger partial charge is 0.244 e. The van der Waals surface area contributed by atoms with Gasteiger partial charge in [0.2, 0.25) is 24.0 Å². The quantitative estimate of drug-likeness (QED) is 0.241. The van der Waals surface area contributed by atoms with Crippen molar-refractivity contribution in [3.63, 3.8) is 0 Å². The average molecular weight is 454 g/mol. The molecule has 0 aromatic heterocycles. The first kappa shape index (κ1) is 26.0. The van der Waals surface area contributed by atoms with Crippen molar-refractivity contribution in [2.75, 3.05) is 11.5 Å². The van der Waals surface area contributed by atoms with Crippen molar-refractivity contribution in [1.82, 2.24) is 16.0 Å². The Morgan fingerprint density at radius 2 is 1.60 bits per heavy atom. The Morgan fingerprint density at radius 1 is 0.967 bits per heavy atom. The van der Waals surface area contributed by atoms with E-state index in [4.69, 9.17) is 5.73 Å². The molecule has 1 aromatic rings. The number of hydrogen-bond acceptors (Lipinski definition) is 7. The van der Waals surface area contributed by atoms with E-state index in [9.17, 15) is 19.2 Å². The molecule has 30 heavy (non-hydrogen) atoms. The van der Waals surface area contributed by atoms with Crippen LogP contribution in [-0.4, -0.2) is 59.7 Å². The van der Waals surface area contributed by atoms with E-state index in [1.807, 2.05) is 30.3 Å². The summed E-state index contributed by atoms with van der Waals surface area (Å²) in [4.78, 5) is 48.3. The monoisotopic (exact) mass is 453 g/mol. The van der Waals surface area contributed by atoms with Gasteiger partial charge >= 0.3 is 0 Å². The number of carbonyl (C=O) groups excluding carboxylic acids is 4. The molecule has 0 saturated carbocycles. The van der Waals surface area contributed by atoms with Gasteiger partial charge in [-0.25, -0.2) is 0 Å². The average Bonchev–Trinajstić information content (AvgIpc) is 2.73. The number of amides is 3. The Hall–Kier alpha value is -2.04. The number of thiol groups is 2. The molecular weight excluding hydrogens is 424 g/mol. The lowest BCUT2D eigenvalue weighted by molar-refractivity contribution is -0.132. The number of rotatable bonds is 12. The molecule has 1 rings (SSSR count). The molecule has 0 unspecified atom stereocenters. The van der Waals surface area contributed by atoms with Gasteiger partial charge in [0, 0.05) is 11.5 Å². The first-order valence-corrected chi connectivity index (χ1v) is 10.8. The van der Waals surface area contributed by atoms with Crippen LogP contribution < -0.4 is 21.7 Å². The molecule has 3 amide bonds. The zero-order chi connectivity index (χ0) is 22.7. The molecule has 0 aliphatic carbocycles. The minimum atomic E-state index is -0.977. The number of nitrogens with two attached hydrogens (primary N) is 1. The van der Waals surface area contributed by atoms with Gasteiger partial charge in [-0.15, -0.1) is 0 Å². The van der Waals surface area contributed by atoms with E-state index in [1.54, 1.807) is 20.1 Å². The van der Waals surface area contributed by atoms with Crippen molar-refractivity contribution in [3.8, 4) is 0 Å². The number of hydrogen-bond donors (Lipinski definition) is 6. The maximum Gasteiger partial charge on any atom is 0.244 e. The molecule has 5 N–H and O–H groups in total. The van der Waals surface area contributed by atoms with Crippen LogP contribution in [0.3, 0.4) is 0 Å². The van der Waals surface area contributed by atoms with Crippen LogP contribution in [0.5, 0.6) is 0 Å². The van der Waals surface area contributed by atoms with Crippen LogP contribution in [0, 0.1) is 5.92 Å². The molecule has 0 fully saturated rings. The second-order valence-corrected chi connectivity index (χ2v) is 7.86. The summed E-state index contributed by atoms with van der Waals surface area (Å²) in [5.74, 6) is -1.77. The Balaban J connectivity index is 2.73. The number of benzene rings is 1. The Morgan fingerprint density at radius 3 is 2.10 bits per heavy atom. The predicted molar refractivity (Wildman–Crippen MR) is 122 cm³/mol. The molecule has 10 heteroatoms. The molecule has 0 aliphatic rings. The summed E-state index contributed by atoms with van der Waals surface area (Å²) in [6, 6.07) is 5.67. The van der Waals surface area contributed by atoms with E-state index < -0.39 is 41.9 Å². The normalized spacial score (nSPS) is 14.9. The molecule has 8 nitrogen and oxygen atoms in total. The van der Waals surface area contributed by atoms with E-state index in [-0.39, 0.29) is 17.4 Å². The molecule has 1 aromatic carbocycles. The van der Waals surface area contributed by atoms with Gasteiger partial charge < -0.3 is 21.7 Å². The van der Waals surface area contributed by atoms with Crippen molar-refractivity contribution in [2.24, 2.45) is 11.7 Å². The Kier molecular flexibility index (Phi) is 11.5. The molecule has 0 spiro atoms. The largest absolute Gasteiger partial charge is 0.343 e. The summed E-state index contributed by atoms with van der Waals surface area (Å²) in [7, 11) is 0. The van der Waals surface area contributed by atoms with E-state index in [2.05, 4.69) is 41.2 Å². The zero-order valence-electron chi connectivity index (χ0n) is 17.0. The summed E-state index contributed by atoms with van der Waals surface area (Å²) >= 11 is 8.10. The Bertz CT molecular complexity index is 718. The highest BCUT2D eigenvalue weighted by Gasteiger charge is 2.30. The van der Waals surface area contributed by atoms with Crippen molar-refractivity contribution in [1.29, 1.82) is 0 Å². The van der Waals surface area contributed by atoms with Gasteiger partial charge in [0.25, 0.3) is 0 Å². The lowest BCUT2D eigenvalue weighted by Crippen LogP contribution is -2.58. The van der Waals surface area contributed by atoms with Crippen LogP contribution in [0.25, 0.3) is 0 Å². The molecule has 0 heterocycles. The highest BCUT2D eigenvalue weighted by atomic mass is 32.1. The van der Waals surface area contributed by atoms with E-state index >= 15 is 0 Å². The van der Waals surface area contributed by atoms with Crippen molar-refractivity contribution < 1.29 is 19.2 Å². The van der Waals surface area contributed by atoms with Gasteiger partial charge in [-0.05, 0) is 17.9 Å². The summed E-state index contributed by atoms with van der Waals surface area (Å²) in [5, 5.41) is 7.65. The van der Waals surface area contributed by atoms with Crippen LogP contribution in [0.15, 0.2) is 30.3 Å². The van der Waals surface area contributed by atoms with Gasteiger partial charge in [-0.3, -0.25) is 19.2 Å². The summed E-state index contributed by atoms with van der Waals surface area (Å²) in [6.07, 6.45) is 1.99. The van der Waals surface area contributed by atoms with Crippen LogP contribution in [0.4, 0.5) is 0 Å². The van der Waals surface area contributed by atoms with Gasteiger partial charge in [0.05, 0.1) is 6.04 Å². The molecule has 1 radical (unpaired) electrons. The molecule has 4 atom stereocenters. The third-order valence-corrected chi connectivity index (χ3v) is 5.07. The number of carbonyl (C=O) groups is 3. The van der Waals surface area contributed by atoms with Crippen LogP contribution in [0.2, 0.25) is 0 Å². The molecule has 0 aliphatic heterocycles. The maximum atomic E-state index is 12.6. The van der Waals surface area contributed by atoms with Crippen LogP contribution >= 0.6 is 25.3 Å². The lowest BCUT2D eigenvalue weighted by Gasteiger charge is -2.26. The fourth-order valence-corrected chi connectivity index (χ4v) is 3.02.